The van der Waals surface area contributed by atoms with E-state index in [0.717, 1.165) is 10.6 Å². The number of benzene rings is 3. The Kier molecular flexibility index (Phi) is 4.71. The molecule has 5 rings (SSSR count). The van der Waals surface area contributed by atoms with Crippen LogP contribution in [0.2, 0.25) is 0 Å². The van der Waals surface area contributed by atoms with Crippen LogP contribution in [-0.4, -0.2) is 32.1 Å². The molecule has 7 nitrogen and oxygen atoms in total. The maximum atomic E-state index is 13.4. The van der Waals surface area contributed by atoms with Crippen LogP contribution < -0.4 is 5.56 Å². The van der Waals surface area contributed by atoms with Crippen molar-refractivity contribution in [2.75, 3.05) is 0 Å². The Morgan fingerprint density at radius 2 is 1.56 bits per heavy atom. The van der Waals surface area contributed by atoms with Crippen LogP contribution >= 0.6 is 0 Å². The molecule has 7 heteroatoms. The minimum Gasteiger partial charge on any atom is -0.272 e. The summed E-state index contributed by atoms with van der Waals surface area (Å²) < 4.78 is 1.54. The van der Waals surface area contributed by atoms with Crippen molar-refractivity contribution in [1.82, 2.24) is 14.6 Å². The lowest BCUT2D eigenvalue weighted by Crippen LogP contribution is -2.28. The summed E-state index contributed by atoms with van der Waals surface area (Å²) in [6.07, 6.45) is 0.141. The van der Waals surface area contributed by atoms with Gasteiger partial charge in [0, 0.05) is 16.8 Å². The molecule has 0 saturated carbocycles. The molecule has 2 heterocycles. The molecule has 0 fully saturated rings. The Morgan fingerprint density at radius 3 is 2.25 bits per heavy atom. The van der Waals surface area contributed by atoms with E-state index in [9.17, 15) is 14.4 Å². The van der Waals surface area contributed by atoms with E-state index in [2.05, 4.69) is 5.10 Å². The molecule has 1 aliphatic rings. The first kappa shape index (κ1) is 19.6. The zero-order valence-corrected chi connectivity index (χ0v) is 17.2. The van der Waals surface area contributed by atoms with E-state index in [-0.39, 0.29) is 17.9 Å². The average Bonchev–Trinajstić information content (AvgIpc) is 3.17. The summed E-state index contributed by atoms with van der Waals surface area (Å²) in [5.74, 6) is -0.341. The van der Waals surface area contributed by atoms with Crippen molar-refractivity contribution in [1.29, 1.82) is 0 Å². The van der Waals surface area contributed by atoms with Crippen LogP contribution in [0.15, 0.2) is 88.8 Å². The second kappa shape index (κ2) is 7.70. The van der Waals surface area contributed by atoms with E-state index in [1.165, 1.54) is 4.57 Å². The third kappa shape index (κ3) is 3.30. The van der Waals surface area contributed by atoms with Gasteiger partial charge in [-0.05, 0) is 43.3 Å². The summed E-state index contributed by atoms with van der Waals surface area (Å²) >= 11 is 0. The Balaban J connectivity index is 1.63. The highest BCUT2D eigenvalue weighted by atomic mass is 16.2. The van der Waals surface area contributed by atoms with Crippen molar-refractivity contribution >= 4 is 28.4 Å². The Labute approximate surface area is 183 Å². The lowest BCUT2D eigenvalue weighted by Gasteiger charge is -2.15. The summed E-state index contributed by atoms with van der Waals surface area (Å²) in [5.41, 5.74) is 2.67. The average molecular weight is 422 g/mol. The van der Waals surface area contributed by atoms with E-state index in [4.69, 9.17) is 4.98 Å². The molecule has 0 atom stereocenters. The topological polar surface area (TPSA) is 84.6 Å². The molecule has 3 aromatic carbocycles. The van der Waals surface area contributed by atoms with Gasteiger partial charge in [0.15, 0.2) is 0 Å². The van der Waals surface area contributed by atoms with Crippen LogP contribution in [0, 0.1) is 0 Å². The summed E-state index contributed by atoms with van der Waals surface area (Å²) in [6, 6.07) is 23.2. The molecule has 2 amide bonds. The van der Waals surface area contributed by atoms with Gasteiger partial charge in [0.05, 0.1) is 23.0 Å². The Bertz CT molecular complexity index is 1450. The SMILES string of the molecule is CC1=NN(C(=O)c2ccc(-n3c(-c4ccccc4)nc4ccccc4c3=O)cc2)C(=O)C1. The minimum absolute atomic E-state index is 0.141. The summed E-state index contributed by atoms with van der Waals surface area (Å²) in [7, 11) is 0. The van der Waals surface area contributed by atoms with Gasteiger partial charge >= 0.3 is 0 Å². The van der Waals surface area contributed by atoms with Gasteiger partial charge in [-0.25, -0.2) is 4.98 Å². The predicted molar refractivity (Wildman–Crippen MR) is 122 cm³/mol. The minimum atomic E-state index is -0.495. The first-order valence-electron chi connectivity index (χ1n) is 10.1. The second-order valence-electron chi connectivity index (χ2n) is 7.53. The molecule has 4 aromatic rings. The van der Waals surface area contributed by atoms with Gasteiger partial charge in [0.25, 0.3) is 17.4 Å². The molecule has 0 radical (unpaired) electrons. The Morgan fingerprint density at radius 1 is 0.875 bits per heavy atom. The van der Waals surface area contributed by atoms with Gasteiger partial charge in [-0.1, -0.05) is 42.5 Å². The highest BCUT2D eigenvalue weighted by molar-refractivity contribution is 6.13. The number of fused-ring (bicyclic) bond motifs is 1. The van der Waals surface area contributed by atoms with Crippen LogP contribution in [-0.2, 0) is 4.79 Å². The molecule has 0 spiro atoms. The summed E-state index contributed by atoms with van der Waals surface area (Å²) in [4.78, 5) is 42.9. The Hall–Kier alpha value is -4.39. The van der Waals surface area contributed by atoms with Crippen molar-refractivity contribution in [2.45, 2.75) is 13.3 Å². The molecular formula is C25H18N4O3. The molecule has 156 valence electrons. The van der Waals surface area contributed by atoms with Crippen molar-refractivity contribution in [3.63, 3.8) is 0 Å². The monoisotopic (exact) mass is 422 g/mol. The summed E-state index contributed by atoms with van der Waals surface area (Å²) in [6.45, 7) is 1.71. The van der Waals surface area contributed by atoms with Crippen LogP contribution in [0.25, 0.3) is 28.0 Å². The van der Waals surface area contributed by atoms with Crippen LogP contribution in [0.1, 0.15) is 23.7 Å². The fourth-order valence-corrected chi connectivity index (χ4v) is 3.74. The van der Waals surface area contributed by atoms with Crippen LogP contribution in [0.3, 0.4) is 0 Å². The number of nitrogens with zero attached hydrogens (tertiary/aromatic N) is 4. The molecule has 0 saturated heterocycles. The second-order valence-corrected chi connectivity index (χ2v) is 7.53. The molecule has 0 bridgehead atoms. The zero-order valence-electron chi connectivity index (χ0n) is 17.2. The number of aromatic nitrogens is 2. The standard InChI is InChI=1S/C25H18N4O3/c1-16-15-22(30)29(27-16)24(31)18-11-13-19(14-12-18)28-23(17-7-3-2-4-8-17)26-21-10-6-5-9-20(21)25(28)32/h2-14H,15H2,1H3. The van der Waals surface area contributed by atoms with Crippen LogP contribution in [0.4, 0.5) is 0 Å². The number of hydrogen-bond acceptors (Lipinski definition) is 5. The molecular weight excluding hydrogens is 404 g/mol. The maximum Gasteiger partial charge on any atom is 0.281 e. The third-order valence-electron chi connectivity index (χ3n) is 5.29. The number of carbonyl (C=O) groups excluding carboxylic acids is 2. The number of para-hydroxylation sites is 1. The third-order valence-corrected chi connectivity index (χ3v) is 5.29. The predicted octanol–water partition coefficient (Wildman–Crippen LogP) is 3.80. The normalized spacial score (nSPS) is 13.5. The fourth-order valence-electron chi connectivity index (χ4n) is 3.74. The molecule has 0 aliphatic carbocycles. The van der Waals surface area contributed by atoms with Gasteiger partial charge in [-0.2, -0.15) is 10.1 Å². The van der Waals surface area contributed by atoms with Gasteiger partial charge in [0.2, 0.25) is 0 Å². The number of rotatable bonds is 3. The van der Waals surface area contributed by atoms with Crippen molar-refractivity contribution < 1.29 is 9.59 Å². The molecule has 0 unspecified atom stereocenters. The lowest BCUT2D eigenvalue weighted by atomic mass is 10.1. The number of hydrogen-bond donors (Lipinski definition) is 0. The number of carbonyl (C=O) groups is 2. The van der Waals surface area contributed by atoms with Crippen molar-refractivity contribution in [3.05, 3.63) is 94.8 Å². The molecule has 1 aromatic heterocycles. The quantitative estimate of drug-likeness (QED) is 0.470. The first-order valence-corrected chi connectivity index (χ1v) is 10.1. The first-order chi connectivity index (χ1) is 15.5. The molecule has 1 aliphatic heterocycles. The lowest BCUT2D eigenvalue weighted by molar-refractivity contribution is -0.126. The largest absolute Gasteiger partial charge is 0.281 e. The van der Waals surface area contributed by atoms with Crippen molar-refractivity contribution in [2.24, 2.45) is 5.10 Å². The van der Waals surface area contributed by atoms with E-state index in [1.54, 1.807) is 43.3 Å². The van der Waals surface area contributed by atoms with E-state index in [1.807, 2.05) is 42.5 Å². The smallest absolute Gasteiger partial charge is 0.272 e. The zero-order chi connectivity index (χ0) is 22.2. The maximum absolute atomic E-state index is 13.4. The fraction of sp³-hybridized carbons (Fsp3) is 0.0800. The van der Waals surface area contributed by atoms with E-state index >= 15 is 0 Å². The van der Waals surface area contributed by atoms with Gasteiger partial charge < -0.3 is 0 Å². The number of amides is 2. The van der Waals surface area contributed by atoms with E-state index < -0.39 is 5.91 Å². The van der Waals surface area contributed by atoms with Crippen LogP contribution in [0.5, 0.6) is 0 Å². The van der Waals surface area contributed by atoms with Gasteiger partial charge in [-0.15, -0.1) is 0 Å². The highest BCUT2D eigenvalue weighted by Crippen LogP contribution is 2.23. The van der Waals surface area contributed by atoms with Gasteiger partial charge in [0.1, 0.15) is 5.82 Å². The number of imide groups is 1. The molecule has 32 heavy (non-hydrogen) atoms. The van der Waals surface area contributed by atoms with Crippen molar-refractivity contribution in [3.8, 4) is 17.1 Å². The highest BCUT2D eigenvalue weighted by Gasteiger charge is 2.28. The van der Waals surface area contributed by atoms with E-state index in [0.29, 0.717) is 33.7 Å². The number of hydrazone groups is 1. The summed E-state index contributed by atoms with van der Waals surface area (Å²) in [5, 5.41) is 5.41. The molecule has 0 N–H and O–H groups in total. The van der Waals surface area contributed by atoms with Gasteiger partial charge in [-0.3, -0.25) is 19.0 Å².